The minimum Gasteiger partial charge on any atom is -0.333 e. The number of amides is 1. The lowest BCUT2D eigenvalue weighted by Gasteiger charge is -2.24. The van der Waals surface area contributed by atoms with Gasteiger partial charge in [-0.3, -0.25) is 19.6 Å². The molecule has 0 aromatic carbocycles. The molecule has 0 radical (unpaired) electrons. The molecule has 7 nitrogen and oxygen atoms in total. The third kappa shape index (κ3) is 2.93. The lowest BCUT2D eigenvalue weighted by Crippen LogP contribution is -2.33. The molecule has 0 N–H and O–H groups in total. The van der Waals surface area contributed by atoms with Crippen LogP contribution in [-0.4, -0.2) is 32.1 Å². The molecule has 1 aliphatic heterocycles. The Morgan fingerprint density at radius 3 is 2.75 bits per heavy atom. The number of nitro groups is 1. The summed E-state index contributed by atoms with van der Waals surface area (Å²) in [6, 6.07) is 4.28. The molecule has 2 aromatic heterocycles. The van der Waals surface area contributed by atoms with Crippen LogP contribution in [0.5, 0.6) is 0 Å². The van der Waals surface area contributed by atoms with Gasteiger partial charge in [0.05, 0.1) is 11.0 Å². The van der Waals surface area contributed by atoms with E-state index < -0.39 is 4.92 Å². The summed E-state index contributed by atoms with van der Waals surface area (Å²) in [4.78, 5) is 27.7. The van der Waals surface area contributed by atoms with Gasteiger partial charge in [0.2, 0.25) is 5.91 Å². The first-order valence-corrected chi connectivity index (χ1v) is 8.74. The second-order valence-electron chi connectivity index (χ2n) is 6.13. The molecule has 128 valence electrons. The van der Waals surface area contributed by atoms with Crippen molar-refractivity contribution in [3.8, 4) is 0 Å². The van der Waals surface area contributed by atoms with Crippen LogP contribution < -0.4 is 0 Å². The Balaban J connectivity index is 1.80. The Bertz CT molecular complexity index is 795. The first kappa shape index (κ1) is 16.6. The van der Waals surface area contributed by atoms with Crippen molar-refractivity contribution in [1.82, 2.24) is 14.7 Å². The Morgan fingerprint density at radius 1 is 1.42 bits per heavy atom. The zero-order valence-electron chi connectivity index (χ0n) is 14.0. The van der Waals surface area contributed by atoms with Crippen LogP contribution in [0.15, 0.2) is 12.1 Å². The van der Waals surface area contributed by atoms with Gasteiger partial charge in [-0.2, -0.15) is 5.10 Å². The molecule has 1 amide bonds. The van der Waals surface area contributed by atoms with Crippen molar-refractivity contribution >= 4 is 22.9 Å². The van der Waals surface area contributed by atoms with Crippen LogP contribution in [0.2, 0.25) is 0 Å². The van der Waals surface area contributed by atoms with Crippen molar-refractivity contribution in [2.45, 2.75) is 46.2 Å². The molecular formula is C16H20N4O3S. The monoisotopic (exact) mass is 348 g/mol. The lowest BCUT2D eigenvalue weighted by atomic mass is 10.2. The fourth-order valence-electron chi connectivity index (χ4n) is 3.32. The van der Waals surface area contributed by atoms with Gasteiger partial charge < -0.3 is 4.90 Å². The van der Waals surface area contributed by atoms with Crippen LogP contribution in [0, 0.1) is 30.9 Å². The topological polar surface area (TPSA) is 81.3 Å². The highest BCUT2D eigenvalue weighted by Gasteiger charge is 2.32. The normalized spacial score (nSPS) is 17.5. The summed E-state index contributed by atoms with van der Waals surface area (Å²) >= 11 is 1.72. The summed E-state index contributed by atoms with van der Waals surface area (Å²) < 4.78 is 1.45. The van der Waals surface area contributed by atoms with E-state index in [1.807, 2.05) is 4.90 Å². The molecule has 1 fully saturated rings. The number of aryl methyl sites for hydroxylation is 2. The number of rotatable bonds is 4. The second kappa shape index (κ2) is 6.35. The zero-order valence-corrected chi connectivity index (χ0v) is 14.8. The van der Waals surface area contributed by atoms with Crippen LogP contribution in [0.3, 0.4) is 0 Å². The predicted molar refractivity (Wildman–Crippen MR) is 91.1 cm³/mol. The van der Waals surface area contributed by atoms with Crippen molar-refractivity contribution in [3.63, 3.8) is 0 Å². The average Bonchev–Trinajstić information content (AvgIpc) is 3.19. The molecule has 1 atom stereocenters. The Kier molecular flexibility index (Phi) is 4.40. The Labute approximate surface area is 144 Å². The third-order valence-electron chi connectivity index (χ3n) is 4.47. The average molecular weight is 348 g/mol. The molecule has 1 saturated heterocycles. The van der Waals surface area contributed by atoms with E-state index in [1.165, 1.54) is 14.4 Å². The quantitative estimate of drug-likeness (QED) is 0.628. The summed E-state index contributed by atoms with van der Waals surface area (Å²) in [6.07, 6.45) is 1.94. The van der Waals surface area contributed by atoms with Crippen molar-refractivity contribution in [2.24, 2.45) is 0 Å². The molecule has 0 bridgehead atoms. The van der Waals surface area contributed by atoms with Crippen molar-refractivity contribution in [1.29, 1.82) is 0 Å². The van der Waals surface area contributed by atoms with Gasteiger partial charge in [0, 0.05) is 16.3 Å². The molecular weight excluding hydrogens is 328 g/mol. The van der Waals surface area contributed by atoms with Crippen molar-refractivity contribution < 1.29 is 9.72 Å². The van der Waals surface area contributed by atoms with E-state index in [0.29, 0.717) is 11.4 Å². The summed E-state index contributed by atoms with van der Waals surface area (Å²) in [7, 11) is 0. The smallest absolute Gasteiger partial charge is 0.312 e. The number of hydrogen-bond donors (Lipinski definition) is 0. The number of carbonyl (C=O) groups excluding carboxylic acids is 1. The molecule has 24 heavy (non-hydrogen) atoms. The molecule has 2 aromatic rings. The Morgan fingerprint density at radius 2 is 2.17 bits per heavy atom. The highest BCUT2D eigenvalue weighted by molar-refractivity contribution is 7.12. The summed E-state index contributed by atoms with van der Waals surface area (Å²) in [5.74, 6) is -0.0379. The number of thiophene rings is 1. The number of carbonyl (C=O) groups is 1. The maximum Gasteiger partial charge on any atom is 0.312 e. The van der Waals surface area contributed by atoms with E-state index in [9.17, 15) is 14.9 Å². The Hall–Kier alpha value is -2.22. The standard InChI is InChI=1S/C16H20N4O3S/c1-10-6-7-14(24-10)13-5-4-8-18(13)15(21)9-19-12(3)16(20(22)23)11(2)17-19/h6-7,13H,4-5,8-9H2,1-3H3. The number of aromatic nitrogens is 2. The van der Waals surface area contributed by atoms with Gasteiger partial charge in [-0.25, -0.2) is 0 Å². The van der Waals surface area contributed by atoms with E-state index in [4.69, 9.17) is 0 Å². The fraction of sp³-hybridized carbons (Fsp3) is 0.500. The fourth-order valence-corrected chi connectivity index (χ4v) is 4.34. The van der Waals surface area contributed by atoms with E-state index in [1.54, 1.807) is 25.2 Å². The number of hydrogen-bond acceptors (Lipinski definition) is 5. The van der Waals surface area contributed by atoms with Crippen LogP contribution in [0.4, 0.5) is 5.69 Å². The van der Waals surface area contributed by atoms with Gasteiger partial charge in [0.25, 0.3) is 0 Å². The number of nitrogens with zero attached hydrogens (tertiary/aromatic N) is 4. The van der Waals surface area contributed by atoms with Gasteiger partial charge in [0.15, 0.2) is 0 Å². The highest BCUT2D eigenvalue weighted by Crippen LogP contribution is 2.36. The van der Waals surface area contributed by atoms with Gasteiger partial charge in [0.1, 0.15) is 17.9 Å². The molecule has 1 unspecified atom stereocenters. The third-order valence-corrected chi connectivity index (χ3v) is 5.58. The zero-order chi connectivity index (χ0) is 17.4. The van der Waals surface area contributed by atoms with Gasteiger partial charge in [-0.15, -0.1) is 11.3 Å². The first-order valence-electron chi connectivity index (χ1n) is 7.92. The van der Waals surface area contributed by atoms with Gasteiger partial charge >= 0.3 is 5.69 Å². The summed E-state index contributed by atoms with van der Waals surface area (Å²) in [6.45, 7) is 6.06. The number of likely N-dealkylation sites (tertiary alicyclic amines) is 1. The van der Waals surface area contributed by atoms with Crippen LogP contribution in [-0.2, 0) is 11.3 Å². The minimum atomic E-state index is -0.439. The minimum absolute atomic E-state index is 0.00495. The van der Waals surface area contributed by atoms with Crippen LogP contribution in [0.1, 0.15) is 40.0 Å². The lowest BCUT2D eigenvalue weighted by molar-refractivity contribution is -0.386. The molecule has 0 saturated carbocycles. The highest BCUT2D eigenvalue weighted by atomic mass is 32.1. The van der Waals surface area contributed by atoms with E-state index in [0.717, 1.165) is 19.4 Å². The SMILES string of the molecule is Cc1ccc(C2CCCN2C(=O)Cn2nc(C)c([N+](=O)[O-])c2C)s1. The summed E-state index contributed by atoms with van der Waals surface area (Å²) in [5.41, 5.74) is 0.764. The largest absolute Gasteiger partial charge is 0.333 e. The van der Waals surface area contributed by atoms with Crippen molar-refractivity contribution in [2.75, 3.05) is 6.54 Å². The van der Waals surface area contributed by atoms with Crippen LogP contribution in [0.25, 0.3) is 0 Å². The van der Waals surface area contributed by atoms with E-state index in [2.05, 4.69) is 24.2 Å². The van der Waals surface area contributed by atoms with Crippen molar-refractivity contribution in [3.05, 3.63) is 43.4 Å². The van der Waals surface area contributed by atoms with E-state index in [-0.39, 0.29) is 24.2 Å². The molecule has 3 heterocycles. The second-order valence-corrected chi connectivity index (χ2v) is 7.45. The summed E-state index contributed by atoms with van der Waals surface area (Å²) in [5, 5.41) is 15.3. The first-order chi connectivity index (χ1) is 11.4. The van der Waals surface area contributed by atoms with Gasteiger partial charge in [-0.05, 0) is 45.7 Å². The molecule has 0 aliphatic carbocycles. The molecule has 8 heteroatoms. The maximum absolute atomic E-state index is 12.7. The molecule has 1 aliphatic rings. The van der Waals surface area contributed by atoms with Crippen LogP contribution >= 0.6 is 11.3 Å². The maximum atomic E-state index is 12.7. The molecule has 0 spiro atoms. The van der Waals surface area contributed by atoms with Gasteiger partial charge in [-0.1, -0.05) is 0 Å². The molecule has 3 rings (SSSR count). The van der Waals surface area contributed by atoms with E-state index >= 15 is 0 Å². The predicted octanol–water partition coefficient (Wildman–Crippen LogP) is 3.14.